The predicted octanol–water partition coefficient (Wildman–Crippen LogP) is 3.19. The van der Waals surface area contributed by atoms with Crippen molar-refractivity contribution in [1.29, 1.82) is 0 Å². The van der Waals surface area contributed by atoms with Gasteiger partial charge in [0.05, 0.1) is 5.56 Å². The Morgan fingerprint density at radius 2 is 1.88 bits per heavy atom. The molecule has 1 saturated heterocycles. The summed E-state index contributed by atoms with van der Waals surface area (Å²) in [6, 6.07) is 3.40. The van der Waals surface area contributed by atoms with Crippen molar-refractivity contribution in [3.05, 3.63) is 53.6 Å². The Hall–Kier alpha value is -3.05. The minimum Gasteiger partial charge on any atom is -0.399 e. The molecule has 0 unspecified atom stereocenters. The summed E-state index contributed by atoms with van der Waals surface area (Å²) in [6.07, 6.45) is 1.81. The van der Waals surface area contributed by atoms with E-state index in [9.17, 15) is 18.0 Å². The molecule has 1 aliphatic heterocycles. The summed E-state index contributed by atoms with van der Waals surface area (Å²) in [5, 5.41) is 3.00. The van der Waals surface area contributed by atoms with Crippen molar-refractivity contribution in [1.82, 2.24) is 24.2 Å². The Bertz CT molecular complexity index is 1110. The number of anilines is 2. The molecule has 3 heterocycles. The van der Waals surface area contributed by atoms with E-state index in [1.165, 1.54) is 18.6 Å². The van der Waals surface area contributed by atoms with Crippen LogP contribution in [-0.2, 0) is 12.7 Å². The van der Waals surface area contributed by atoms with Gasteiger partial charge in [-0.25, -0.2) is 9.97 Å². The third-order valence-electron chi connectivity index (χ3n) is 5.19. The number of rotatable bonds is 4. The lowest BCUT2D eigenvalue weighted by atomic mass is 10.1. The number of piperazine rings is 1. The van der Waals surface area contributed by atoms with Crippen LogP contribution >= 0.6 is 11.6 Å². The zero-order valence-electron chi connectivity index (χ0n) is 18.2. The largest absolute Gasteiger partial charge is 0.416 e. The summed E-state index contributed by atoms with van der Waals surface area (Å²) in [7, 11) is 2.01. The fraction of sp³-hybridized carbons (Fsp3) is 0.381. The molecule has 0 aliphatic carbocycles. The van der Waals surface area contributed by atoms with E-state index in [0.717, 1.165) is 25.2 Å². The number of aromatic nitrogens is 3. The smallest absolute Gasteiger partial charge is 0.399 e. The molecule has 1 aliphatic rings. The van der Waals surface area contributed by atoms with Gasteiger partial charge in [-0.05, 0) is 30.8 Å². The number of nitrogens with zero attached hydrogens (tertiary/aromatic N) is 5. The number of carbonyl (C=O) groups is 1. The number of benzene rings is 1. The van der Waals surface area contributed by atoms with Crippen LogP contribution in [0.2, 0.25) is 0 Å². The molecule has 8 nitrogen and oxygen atoms in total. The molecular weight excluding hydrogens is 459 g/mol. The fourth-order valence-electron chi connectivity index (χ4n) is 3.49. The van der Waals surface area contributed by atoms with E-state index in [4.69, 9.17) is 5.73 Å². The summed E-state index contributed by atoms with van der Waals surface area (Å²) < 4.78 is 40.8. The first-order chi connectivity index (χ1) is 15.7. The van der Waals surface area contributed by atoms with Crippen LogP contribution in [0.1, 0.15) is 21.6 Å². The van der Waals surface area contributed by atoms with E-state index < -0.39 is 11.7 Å². The zero-order valence-corrected chi connectivity index (χ0v) is 19.0. The number of nitrogens with one attached hydrogen (secondary N) is 1. The lowest BCUT2D eigenvalue weighted by Crippen LogP contribution is -2.47. The molecule has 0 atom stereocenters. The first-order valence-corrected chi connectivity index (χ1v) is 10.9. The Kier molecular flexibility index (Phi) is 7.65. The van der Waals surface area contributed by atoms with Gasteiger partial charge in [-0.2, -0.15) is 13.2 Å². The second-order valence-electron chi connectivity index (χ2n) is 7.54. The van der Waals surface area contributed by atoms with Crippen LogP contribution in [-0.4, -0.2) is 69.7 Å². The number of alkyl halides is 4. The van der Waals surface area contributed by atoms with Crippen molar-refractivity contribution < 1.29 is 18.0 Å². The monoisotopic (exact) mass is 483 g/mol. The summed E-state index contributed by atoms with van der Waals surface area (Å²) in [6.45, 7) is 2.92. The van der Waals surface area contributed by atoms with Gasteiger partial charge in [0.1, 0.15) is 5.69 Å². The minimum atomic E-state index is -4.48. The van der Waals surface area contributed by atoms with Crippen LogP contribution in [0.15, 0.2) is 36.8 Å². The zero-order chi connectivity index (χ0) is 24.2. The minimum absolute atomic E-state index is 0.0265. The lowest BCUT2D eigenvalue weighted by molar-refractivity contribution is -0.137. The van der Waals surface area contributed by atoms with Crippen molar-refractivity contribution in [2.45, 2.75) is 12.7 Å². The molecule has 3 N–H and O–H groups in total. The van der Waals surface area contributed by atoms with Gasteiger partial charge in [0.25, 0.3) is 5.91 Å². The number of amides is 1. The van der Waals surface area contributed by atoms with Crippen LogP contribution in [0.25, 0.3) is 5.65 Å². The number of nitrogens with two attached hydrogens (primary N) is 1. The molecule has 1 amide bonds. The molecule has 12 heteroatoms. The van der Waals surface area contributed by atoms with E-state index in [-0.39, 0.29) is 18.1 Å². The van der Waals surface area contributed by atoms with Gasteiger partial charge in [-0.1, -0.05) is 0 Å². The number of fused-ring (bicyclic) bond motifs is 1. The van der Waals surface area contributed by atoms with Crippen molar-refractivity contribution in [3.8, 4) is 0 Å². The molecule has 3 aromatic rings. The van der Waals surface area contributed by atoms with Crippen molar-refractivity contribution in [2.24, 2.45) is 0 Å². The van der Waals surface area contributed by atoms with Gasteiger partial charge in [0, 0.05) is 63.4 Å². The van der Waals surface area contributed by atoms with Crippen LogP contribution in [0.4, 0.5) is 24.7 Å². The third kappa shape index (κ3) is 5.85. The van der Waals surface area contributed by atoms with E-state index in [0.29, 0.717) is 35.8 Å². The normalized spacial score (nSPS) is 14.7. The average Bonchev–Trinajstić information content (AvgIpc) is 3.23. The van der Waals surface area contributed by atoms with Crippen LogP contribution < -0.4 is 11.1 Å². The van der Waals surface area contributed by atoms with Gasteiger partial charge in [0.2, 0.25) is 0 Å². The van der Waals surface area contributed by atoms with Crippen molar-refractivity contribution >= 4 is 34.7 Å². The van der Waals surface area contributed by atoms with Gasteiger partial charge < -0.3 is 25.3 Å². The van der Waals surface area contributed by atoms with Gasteiger partial charge >= 0.3 is 6.18 Å². The summed E-state index contributed by atoms with van der Waals surface area (Å²) in [5.41, 5.74) is 5.91. The van der Waals surface area contributed by atoms with Crippen LogP contribution in [0, 0.1) is 0 Å². The second kappa shape index (κ2) is 10.3. The Morgan fingerprint density at radius 3 is 2.55 bits per heavy atom. The van der Waals surface area contributed by atoms with Crippen LogP contribution in [0.3, 0.4) is 0 Å². The molecule has 33 heavy (non-hydrogen) atoms. The summed E-state index contributed by atoms with van der Waals surface area (Å²) in [5.74, 6) is 0.198. The van der Waals surface area contributed by atoms with Gasteiger partial charge in [-0.3, -0.25) is 4.79 Å². The Balaban J connectivity index is 0.00000149. The fourth-order valence-corrected chi connectivity index (χ4v) is 3.49. The standard InChI is InChI=1S/C20H22F3N7O.CH3Cl/c1-28-4-6-29(7-5-28)19(31)16-12-30-3-2-25-17(18(30)27-16)26-11-13-8-14(20(21,22)23)10-15(24)9-13;1-2/h2-3,8-10,12H,4-7,11,24H2,1H3,(H,25,26);1H3. The number of imidazole rings is 1. The maximum atomic E-state index is 13.0. The highest BCUT2D eigenvalue weighted by Crippen LogP contribution is 2.31. The van der Waals surface area contributed by atoms with E-state index in [1.54, 1.807) is 21.7 Å². The van der Waals surface area contributed by atoms with Crippen molar-refractivity contribution in [2.75, 3.05) is 50.7 Å². The van der Waals surface area contributed by atoms with E-state index in [2.05, 4.69) is 31.8 Å². The maximum Gasteiger partial charge on any atom is 0.416 e. The molecule has 1 aromatic carbocycles. The number of hydrogen-bond acceptors (Lipinski definition) is 6. The van der Waals surface area contributed by atoms with Crippen molar-refractivity contribution in [3.63, 3.8) is 0 Å². The molecule has 0 spiro atoms. The molecule has 1 fully saturated rings. The highest BCUT2D eigenvalue weighted by Gasteiger charge is 2.31. The highest BCUT2D eigenvalue weighted by atomic mass is 35.5. The first-order valence-electron chi connectivity index (χ1n) is 10.1. The number of hydrogen-bond donors (Lipinski definition) is 2. The molecule has 0 radical (unpaired) electrons. The molecule has 4 rings (SSSR count). The molecule has 2 aromatic heterocycles. The van der Waals surface area contributed by atoms with E-state index >= 15 is 0 Å². The third-order valence-corrected chi connectivity index (χ3v) is 5.19. The quantitative estimate of drug-likeness (QED) is 0.437. The van der Waals surface area contributed by atoms with Gasteiger partial charge in [0.15, 0.2) is 11.5 Å². The first kappa shape index (κ1) is 24.6. The van der Waals surface area contributed by atoms with Gasteiger partial charge in [-0.15, -0.1) is 11.6 Å². The maximum absolute atomic E-state index is 13.0. The van der Waals surface area contributed by atoms with Crippen LogP contribution in [0.5, 0.6) is 0 Å². The number of carbonyl (C=O) groups excluding carboxylic acids is 1. The topological polar surface area (TPSA) is 91.8 Å². The molecular formula is C21H25ClF3N7O. The number of halogens is 4. The molecule has 0 saturated carbocycles. The van der Waals surface area contributed by atoms with E-state index in [1.807, 2.05) is 7.05 Å². The second-order valence-corrected chi connectivity index (χ2v) is 7.54. The highest BCUT2D eigenvalue weighted by molar-refractivity contribution is 6.15. The Morgan fingerprint density at radius 1 is 1.18 bits per heavy atom. The SMILES string of the molecule is CCl.CN1CCN(C(=O)c2cn3ccnc(NCc4cc(N)cc(C(F)(F)F)c4)c3n2)CC1. The lowest BCUT2D eigenvalue weighted by Gasteiger charge is -2.31. The average molecular weight is 484 g/mol. The number of likely N-dealkylation sites (N-methyl/N-ethyl adjacent to an activating group) is 1. The predicted molar refractivity (Wildman–Crippen MR) is 121 cm³/mol. The number of nitrogen functional groups attached to an aromatic ring is 1. The molecule has 178 valence electrons. The molecule has 0 bridgehead atoms. The summed E-state index contributed by atoms with van der Waals surface area (Å²) >= 11 is 4.64. The Labute approximate surface area is 194 Å². The summed E-state index contributed by atoms with van der Waals surface area (Å²) in [4.78, 5) is 25.4.